The summed E-state index contributed by atoms with van der Waals surface area (Å²) in [5.41, 5.74) is 1.94. The lowest BCUT2D eigenvalue weighted by molar-refractivity contribution is 0.252. The molecule has 0 aliphatic rings. The van der Waals surface area contributed by atoms with Gasteiger partial charge in [-0.1, -0.05) is 18.2 Å². The highest BCUT2D eigenvalue weighted by Crippen LogP contribution is 2.10. The Morgan fingerprint density at radius 3 is 2.81 bits per heavy atom. The molecule has 6 nitrogen and oxygen atoms in total. The summed E-state index contributed by atoms with van der Waals surface area (Å²) >= 11 is 0. The molecule has 0 fully saturated rings. The number of hydrogen-bond acceptors (Lipinski definition) is 3. The Morgan fingerprint density at radius 1 is 1.14 bits per heavy atom. The minimum absolute atomic E-state index is 0.273. The molecule has 0 bridgehead atoms. The van der Waals surface area contributed by atoms with Crippen molar-refractivity contribution in [2.75, 3.05) is 11.9 Å². The van der Waals surface area contributed by atoms with Gasteiger partial charge >= 0.3 is 6.03 Å². The van der Waals surface area contributed by atoms with Gasteiger partial charge in [0.2, 0.25) is 0 Å². The second-order valence-electron chi connectivity index (χ2n) is 4.55. The van der Waals surface area contributed by atoms with E-state index >= 15 is 0 Å². The lowest BCUT2D eigenvalue weighted by atomic mass is 10.3. The number of carbonyl (C=O) groups is 1. The highest BCUT2D eigenvalue weighted by molar-refractivity contribution is 5.88. The Morgan fingerprint density at radius 2 is 2.00 bits per heavy atom. The van der Waals surface area contributed by atoms with E-state index in [1.165, 1.54) is 0 Å². The molecular weight excluding hydrogens is 266 g/mol. The molecule has 0 unspecified atom stereocenters. The topological polar surface area (TPSA) is 82.7 Å². The fraction of sp³-hybridized carbons (Fsp3) is 0.133. The number of hydrogen-bond donors (Lipinski definition) is 3. The molecule has 0 saturated carbocycles. The number of nitrogens with one attached hydrogen (secondary N) is 3. The van der Waals surface area contributed by atoms with Gasteiger partial charge in [-0.3, -0.25) is 5.32 Å². The van der Waals surface area contributed by atoms with E-state index in [2.05, 4.69) is 25.6 Å². The number of urea groups is 1. The van der Waals surface area contributed by atoms with Crippen molar-refractivity contribution in [1.82, 2.24) is 20.3 Å². The number of anilines is 1. The zero-order valence-corrected chi connectivity index (χ0v) is 11.3. The molecule has 2 aromatic heterocycles. The van der Waals surface area contributed by atoms with E-state index in [9.17, 15) is 4.79 Å². The average Bonchev–Trinajstić information content (AvgIpc) is 2.91. The SMILES string of the molecule is O=C(NCCc1nc2ccccc2[nH]1)Nc1ccccn1. The number of aromatic amines is 1. The van der Waals surface area contributed by atoms with E-state index in [0.717, 1.165) is 16.9 Å². The van der Waals surface area contributed by atoms with Gasteiger partial charge in [-0.2, -0.15) is 0 Å². The normalized spacial score (nSPS) is 10.5. The van der Waals surface area contributed by atoms with Gasteiger partial charge in [-0.05, 0) is 24.3 Å². The fourth-order valence-electron chi connectivity index (χ4n) is 2.02. The third kappa shape index (κ3) is 3.36. The van der Waals surface area contributed by atoms with Crippen molar-refractivity contribution >= 4 is 22.9 Å². The van der Waals surface area contributed by atoms with Crippen molar-refractivity contribution in [2.45, 2.75) is 6.42 Å². The average molecular weight is 281 g/mol. The summed E-state index contributed by atoms with van der Waals surface area (Å²) in [5.74, 6) is 1.38. The Bertz CT molecular complexity index is 705. The van der Waals surface area contributed by atoms with Crippen molar-refractivity contribution < 1.29 is 4.79 Å². The lowest BCUT2D eigenvalue weighted by Crippen LogP contribution is -2.30. The summed E-state index contributed by atoms with van der Waals surface area (Å²) in [6.45, 7) is 0.499. The molecule has 3 rings (SSSR count). The summed E-state index contributed by atoms with van der Waals surface area (Å²) in [4.78, 5) is 23.4. The first-order valence-electron chi connectivity index (χ1n) is 6.71. The number of para-hydroxylation sites is 2. The standard InChI is InChI=1S/C15H15N5O/c21-15(20-13-7-3-4-9-16-13)17-10-8-14-18-11-5-1-2-6-12(11)19-14/h1-7,9H,8,10H2,(H,18,19)(H2,16,17,20,21). The van der Waals surface area contributed by atoms with E-state index in [0.29, 0.717) is 18.8 Å². The zero-order valence-electron chi connectivity index (χ0n) is 11.3. The summed E-state index contributed by atoms with van der Waals surface area (Å²) in [6, 6.07) is 12.9. The predicted octanol–water partition coefficient (Wildman–Crippen LogP) is 2.32. The molecule has 106 valence electrons. The maximum Gasteiger partial charge on any atom is 0.320 e. The Labute approximate surface area is 121 Å². The highest BCUT2D eigenvalue weighted by Gasteiger charge is 2.04. The van der Waals surface area contributed by atoms with Gasteiger partial charge in [0.25, 0.3) is 0 Å². The van der Waals surface area contributed by atoms with Crippen LogP contribution in [0.25, 0.3) is 11.0 Å². The molecule has 0 atom stereocenters. The van der Waals surface area contributed by atoms with Crippen molar-refractivity contribution in [3.05, 3.63) is 54.5 Å². The van der Waals surface area contributed by atoms with Gasteiger partial charge in [-0.25, -0.2) is 14.8 Å². The van der Waals surface area contributed by atoms with E-state index in [1.807, 2.05) is 30.3 Å². The number of pyridine rings is 1. The third-order valence-electron chi connectivity index (χ3n) is 2.99. The number of rotatable bonds is 4. The third-order valence-corrected chi connectivity index (χ3v) is 2.99. The van der Waals surface area contributed by atoms with Crippen LogP contribution < -0.4 is 10.6 Å². The van der Waals surface area contributed by atoms with Crippen molar-refractivity contribution in [1.29, 1.82) is 0 Å². The summed E-state index contributed by atoms with van der Waals surface area (Å²) in [5, 5.41) is 5.44. The Hall–Kier alpha value is -2.89. The molecule has 3 aromatic rings. The number of carbonyl (C=O) groups excluding carboxylic acids is 1. The maximum absolute atomic E-state index is 11.7. The van der Waals surface area contributed by atoms with Crippen LogP contribution in [0.1, 0.15) is 5.82 Å². The predicted molar refractivity (Wildman–Crippen MR) is 81.1 cm³/mol. The highest BCUT2D eigenvalue weighted by atomic mass is 16.2. The molecule has 1 aromatic carbocycles. The molecule has 0 radical (unpaired) electrons. The first-order valence-corrected chi connectivity index (χ1v) is 6.71. The van der Waals surface area contributed by atoms with Gasteiger partial charge in [0.05, 0.1) is 11.0 Å². The first kappa shape index (κ1) is 13.1. The molecule has 0 aliphatic heterocycles. The van der Waals surface area contributed by atoms with E-state index in [4.69, 9.17) is 0 Å². The summed E-state index contributed by atoms with van der Waals surface area (Å²) in [6.07, 6.45) is 2.27. The number of benzene rings is 1. The number of aromatic nitrogens is 3. The van der Waals surface area contributed by atoms with Crippen molar-refractivity contribution in [3.63, 3.8) is 0 Å². The van der Waals surface area contributed by atoms with E-state index in [-0.39, 0.29) is 6.03 Å². The molecule has 3 N–H and O–H groups in total. The molecular formula is C15H15N5O. The minimum atomic E-state index is -0.273. The van der Waals surface area contributed by atoms with E-state index < -0.39 is 0 Å². The molecule has 2 amide bonds. The number of fused-ring (bicyclic) bond motifs is 1. The molecule has 2 heterocycles. The van der Waals surface area contributed by atoms with Gasteiger partial charge in [-0.15, -0.1) is 0 Å². The van der Waals surface area contributed by atoms with Crippen molar-refractivity contribution in [2.24, 2.45) is 0 Å². The fourth-order valence-corrected chi connectivity index (χ4v) is 2.02. The number of imidazole rings is 1. The smallest absolute Gasteiger partial charge is 0.320 e. The molecule has 0 aliphatic carbocycles. The van der Waals surface area contributed by atoms with Gasteiger partial charge in [0, 0.05) is 19.2 Å². The second kappa shape index (κ2) is 6.04. The van der Waals surface area contributed by atoms with Crippen LogP contribution in [0, 0.1) is 0 Å². The van der Waals surface area contributed by atoms with Gasteiger partial charge in [0.15, 0.2) is 0 Å². The lowest BCUT2D eigenvalue weighted by Gasteiger charge is -2.05. The van der Waals surface area contributed by atoms with Crippen molar-refractivity contribution in [3.8, 4) is 0 Å². The molecule has 21 heavy (non-hydrogen) atoms. The van der Waals surface area contributed by atoms with Crippen LogP contribution in [-0.2, 0) is 6.42 Å². The Kier molecular flexibility index (Phi) is 3.77. The van der Waals surface area contributed by atoms with E-state index in [1.54, 1.807) is 18.3 Å². The summed E-state index contributed by atoms with van der Waals surface area (Å²) < 4.78 is 0. The van der Waals surface area contributed by atoms with Gasteiger partial charge < -0.3 is 10.3 Å². The largest absolute Gasteiger partial charge is 0.342 e. The van der Waals surface area contributed by atoms with Crippen LogP contribution in [-0.4, -0.2) is 27.5 Å². The zero-order chi connectivity index (χ0) is 14.5. The minimum Gasteiger partial charge on any atom is -0.342 e. The van der Waals surface area contributed by atoms with Crippen LogP contribution in [0.2, 0.25) is 0 Å². The molecule has 0 saturated heterocycles. The first-order chi connectivity index (χ1) is 10.3. The van der Waals surface area contributed by atoms with Crippen LogP contribution in [0.15, 0.2) is 48.7 Å². The number of H-pyrrole nitrogens is 1. The summed E-state index contributed by atoms with van der Waals surface area (Å²) in [7, 11) is 0. The molecule has 6 heteroatoms. The van der Waals surface area contributed by atoms with Crippen LogP contribution in [0.5, 0.6) is 0 Å². The number of amides is 2. The monoisotopic (exact) mass is 281 g/mol. The van der Waals surface area contributed by atoms with Crippen LogP contribution in [0.4, 0.5) is 10.6 Å². The Balaban J connectivity index is 1.50. The van der Waals surface area contributed by atoms with Crippen LogP contribution >= 0.6 is 0 Å². The quantitative estimate of drug-likeness (QED) is 0.686. The molecule has 0 spiro atoms. The van der Waals surface area contributed by atoms with Gasteiger partial charge in [0.1, 0.15) is 11.6 Å². The number of nitrogens with zero attached hydrogens (tertiary/aromatic N) is 2. The maximum atomic E-state index is 11.7. The van der Waals surface area contributed by atoms with Crippen LogP contribution in [0.3, 0.4) is 0 Å². The second-order valence-corrected chi connectivity index (χ2v) is 4.55.